The van der Waals surface area contributed by atoms with Crippen LogP contribution in [0.25, 0.3) is 0 Å². The van der Waals surface area contributed by atoms with Gasteiger partial charge in [0.05, 0.1) is 10.0 Å². The van der Waals surface area contributed by atoms with Crippen molar-refractivity contribution in [1.82, 2.24) is 0 Å². The molecule has 1 aliphatic carbocycles. The summed E-state index contributed by atoms with van der Waals surface area (Å²) in [5, 5.41) is 8.93. The van der Waals surface area contributed by atoms with E-state index in [1.807, 2.05) is 6.07 Å². The molecule has 0 aromatic heterocycles. The minimum absolute atomic E-state index is 0.0407. The van der Waals surface area contributed by atoms with Crippen molar-refractivity contribution in [3.05, 3.63) is 33.0 Å². The first-order valence-electron chi connectivity index (χ1n) is 5.17. The Morgan fingerprint density at radius 2 is 2.11 bits per heavy atom. The topological polar surface area (TPSA) is 42.2 Å². The normalized spacial score (nSPS) is 20.6. The standard InChI is InChI=1S/C12H10BrF2NO2/c1-17-12(18-2)8-3-6(5-16)10(13)11(15)7(8)4-9(12)14/h3,9H,4H2,1-2H3. The number of rotatable bonds is 2. The Morgan fingerprint density at radius 1 is 1.50 bits per heavy atom. The number of benzene rings is 1. The van der Waals surface area contributed by atoms with Gasteiger partial charge in [0.15, 0.2) is 6.17 Å². The lowest BCUT2D eigenvalue weighted by molar-refractivity contribution is -0.244. The number of methoxy groups -OCH3 is 2. The van der Waals surface area contributed by atoms with E-state index < -0.39 is 17.8 Å². The van der Waals surface area contributed by atoms with Crippen molar-refractivity contribution < 1.29 is 18.3 Å². The van der Waals surface area contributed by atoms with Gasteiger partial charge in [0.1, 0.15) is 11.9 Å². The van der Waals surface area contributed by atoms with Crippen molar-refractivity contribution in [2.75, 3.05) is 14.2 Å². The molecule has 1 aromatic carbocycles. The van der Waals surface area contributed by atoms with Gasteiger partial charge < -0.3 is 9.47 Å². The molecule has 0 fully saturated rings. The maximum Gasteiger partial charge on any atom is 0.227 e. The van der Waals surface area contributed by atoms with Crippen LogP contribution in [0.2, 0.25) is 0 Å². The molecule has 0 amide bonds. The molecule has 0 heterocycles. The Hall–Kier alpha value is -1.03. The van der Waals surface area contributed by atoms with Gasteiger partial charge in [-0.3, -0.25) is 0 Å². The fraction of sp³-hybridized carbons (Fsp3) is 0.417. The lowest BCUT2D eigenvalue weighted by Crippen LogP contribution is -2.37. The number of nitriles is 1. The molecule has 0 aliphatic heterocycles. The third-order valence-electron chi connectivity index (χ3n) is 3.21. The van der Waals surface area contributed by atoms with Crippen LogP contribution < -0.4 is 0 Å². The second-order valence-electron chi connectivity index (χ2n) is 3.94. The van der Waals surface area contributed by atoms with Crippen molar-refractivity contribution >= 4 is 15.9 Å². The summed E-state index contributed by atoms with van der Waals surface area (Å²) in [7, 11) is 2.58. The SMILES string of the molecule is COC1(OC)c2cc(C#N)c(Br)c(F)c2CC1F. The van der Waals surface area contributed by atoms with E-state index in [1.165, 1.54) is 20.3 Å². The van der Waals surface area contributed by atoms with Crippen LogP contribution in [-0.4, -0.2) is 20.4 Å². The number of halogens is 3. The van der Waals surface area contributed by atoms with E-state index in [9.17, 15) is 8.78 Å². The van der Waals surface area contributed by atoms with E-state index in [-0.39, 0.29) is 27.6 Å². The van der Waals surface area contributed by atoms with Gasteiger partial charge in [-0.25, -0.2) is 8.78 Å². The molecule has 3 nitrogen and oxygen atoms in total. The molecule has 0 saturated heterocycles. The molecule has 0 radical (unpaired) electrons. The third-order valence-corrected chi connectivity index (χ3v) is 3.98. The first-order valence-corrected chi connectivity index (χ1v) is 5.97. The maximum absolute atomic E-state index is 14.1. The highest BCUT2D eigenvalue weighted by Crippen LogP contribution is 2.45. The largest absolute Gasteiger partial charge is 0.347 e. The van der Waals surface area contributed by atoms with Crippen LogP contribution in [0.15, 0.2) is 10.5 Å². The smallest absolute Gasteiger partial charge is 0.227 e. The average molecular weight is 318 g/mol. The summed E-state index contributed by atoms with van der Waals surface area (Å²) in [6.45, 7) is 0. The number of nitrogens with zero attached hydrogens (tertiary/aromatic N) is 1. The van der Waals surface area contributed by atoms with Gasteiger partial charge in [-0.1, -0.05) is 0 Å². The third kappa shape index (κ3) is 1.58. The minimum atomic E-state index is -1.64. The zero-order valence-corrected chi connectivity index (χ0v) is 11.3. The molecule has 6 heteroatoms. The molecule has 0 saturated carbocycles. The zero-order valence-electron chi connectivity index (χ0n) is 9.76. The average Bonchev–Trinajstić information content (AvgIpc) is 2.66. The number of alkyl halides is 1. The predicted octanol–water partition coefficient (Wildman–Crippen LogP) is 2.80. The van der Waals surface area contributed by atoms with Crippen LogP contribution in [0.1, 0.15) is 16.7 Å². The monoisotopic (exact) mass is 317 g/mol. The summed E-state index contributed by atoms with van der Waals surface area (Å²) >= 11 is 2.99. The van der Waals surface area contributed by atoms with E-state index in [1.54, 1.807) is 0 Å². The van der Waals surface area contributed by atoms with Crippen molar-refractivity contribution in [3.8, 4) is 6.07 Å². The molecule has 18 heavy (non-hydrogen) atoms. The number of hydrogen-bond acceptors (Lipinski definition) is 3. The van der Waals surface area contributed by atoms with Crippen LogP contribution in [-0.2, 0) is 21.7 Å². The molecular formula is C12H10BrF2NO2. The highest BCUT2D eigenvalue weighted by molar-refractivity contribution is 9.10. The maximum atomic E-state index is 14.1. The first-order chi connectivity index (χ1) is 8.51. The molecular weight excluding hydrogens is 308 g/mol. The van der Waals surface area contributed by atoms with Crippen molar-refractivity contribution in [2.45, 2.75) is 18.4 Å². The summed E-state index contributed by atoms with van der Waals surface area (Å²) < 4.78 is 38.4. The number of hydrogen-bond donors (Lipinski definition) is 0. The molecule has 0 N–H and O–H groups in total. The predicted molar refractivity (Wildman–Crippen MR) is 63.1 cm³/mol. The van der Waals surface area contributed by atoms with Gasteiger partial charge in [0.2, 0.25) is 5.79 Å². The minimum Gasteiger partial charge on any atom is -0.347 e. The molecule has 96 valence electrons. The molecule has 2 rings (SSSR count). The van der Waals surface area contributed by atoms with Gasteiger partial charge in [0, 0.05) is 31.8 Å². The second-order valence-corrected chi connectivity index (χ2v) is 4.73. The van der Waals surface area contributed by atoms with Crippen LogP contribution in [0.3, 0.4) is 0 Å². The molecule has 1 unspecified atom stereocenters. The summed E-state index contributed by atoms with van der Waals surface area (Å²) in [6.07, 6.45) is -1.66. The summed E-state index contributed by atoms with van der Waals surface area (Å²) in [4.78, 5) is 0. The molecule has 1 aromatic rings. The lowest BCUT2D eigenvalue weighted by Gasteiger charge is -2.29. The van der Waals surface area contributed by atoms with Crippen LogP contribution in [0, 0.1) is 17.1 Å². The fourth-order valence-corrected chi connectivity index (χ4v) is 2.74. The molecule has 1 atom stereocenters. The second kappa shape index (κ2) is 4.57. The Kier molecular flexibility index (Phi) is 3.41. The van der Waals surface area contributed by atoms with Gasteiger partial charge in [-0.05, 0) is 22.0 Å². The van der Waals surface area contributed by atoms with E-state index >= 15 is 0 Å². The van der Waals surface area contributed by atoms with Crippen molar-refractivity contribution in [1.29, 1.82) is 5.26 Å². The van der Waals surface area contributed by atoms with Gasteiger partial charge in [0.25, 0.3) is 0 Å². The van der Waals surface area contributed by atoms with Crippen LogP contribution >= 0.6 is 15.9 Å². The van der Waals surface area contributed by atoms with Crippen LogP contribution in [0.5, 0.6) is 0 Å². The van der Waals surface area contributed by atoms with Crippen LogP contribution in [0.4, 0.5) is 8.78 Å². The summed E-state index contributed by atoms with van der Waals surface area (Å²) in [6, 6.07) is 3.24. The first kappa shape index (κ1) is 13.4. The highest BCUT2D eigenvalue weighted by atomic mass is 79.9. The van der Waals surface area contributed by atoms with Gasteiger partial charge >= 0.3 is 0 Å². The highest BCUT2D eigenvalue weighted by Gasteiger charge is 2.50. The quantitative estimate of drug-likeness (QED) is 0.788. The van der Waals surface area contributed by atoms with E-state index in [0.717, 1.165) is 0 Å². The Balaban J connectivity index is 2.74. The molecule has 1 aliphatic rings. The van der Waals surface area contributed by atoms with E-state index in [4.69, 9.17) is 14.7 Å². The van der Waals surface area contributed by atoms with E-state index in [0.29, 0.717) is 0 Å². The number of ether oxygens (including phenoxy) is 2. The Bertz CT molecular complexity index is 538. The lowest BCUT2D eigenvalue weighted by atomic mass is 10.0. The molecule has 0 bridgehead atoms. The fourth-order valence-electron chi connectivity index (χ4n) is 2.30. The summed E-state index contributed by atoms with van der Waals surface area (Å²) in [5.41, 5.74) is 0.494. The van der Waals surface area contributed by atoms with Crippen molar-refractivity contribution in [2.24, 2.45) is 0 Å². The van der Waals surface area contributed by atoms with E-state index in [2.05, 4.69) is 15.9 Å². The number of fused-ring (bicyclic) bond motifs is 1. The zero-order chi connectivity index (χ0) is 13.5. The van der Waals surface area contributed by atoms with Crippen molar-refractivity contribution in [3.63, 3.8) is 0 Å². The Labute approximate surface area is 111 Å². The molecule has 0 spiro atoms. The van der Waals surface area contributed by atoms with Gasteiger partial charge in [-0.2, -0.15) is 5.26 Å². The van der Waals surface area contributed by atoms with Gasteiger partial charge in [-0.15, -0.1) is 0 Å². The Morgan fingerprint density at radius 3 is 2.61 bits per heavy atom. The summed E-state index contributed by atoms with van der Waals surface area (Å²) in [5.74, 6) is -2.27.